The molecule has 0 radical (unpaired) electrons. The molecule has 0 bridgehead atoms. The molecule has 1 atom stereocenters. The van der Waals surface area contributed by atoms with E-state index in [4.69, 9.17) is 4.74 Å². The minimum atomic E-state index is 0.0173. The van der Waals surface area contributed by atoms with Crippen molar-refractivity contribution in [2.24, 2.45) is 5.92 Å². The molecule has 2 heteroatoms. The molecule has 1 saturated carbocycles. The molecule has 0 N–H and O–H groups in total. The van der Waals surface area contributed by atoms with Crippen LogP contribution in [0.15, 0.2) is 0 Å². The number of unbranched alkanes of at least 4 members (excludes halogenated alkanes) is 2. The Morgan fingerprint density at radius 2 is 1.94 bits per heavy atom. The van der Waals surface area contributed by atoms with E-state index in [9.17, 15) is 4.79 Å². The zero-order valence-corrected chi connectivity index (χ0v) is 10.8. The Kier molecular flexibility index (Phi) is 6.51. The second kappa shape index (κ2) is 7.70. The molecule has 1 aliphatic rings. The third-order valence-electron chi connectivity index (χ3n) is 3.20. The molecular weight excluding hydrogens is 200 g/mol. The van der Waals surface area contributed by atoms with Crippen molar-refractivity contribution in [1.29, 1.82) is 0 Å². The van der Waals surface area contributed by atoms with Crippen LogP contribution in [0.5, 0.6) is 0 Å². The van der Waals surface area contributed by atoms with E-state index in [1.54, 1.807) is 0 Å². The van der Waals surface area contributed by atoms with Gasteiger partial charge in [0.1, 0.15) is 6.10 Å². The molecule has 0 aromatic rings. The summed E-state index contributed by atoms with van der Waals surface area (Å²) in [4.78, 5) is 11.3. The van der Waals surface area contributed by atoms with Crippen molar-refractivity contribution >= 4 is 5.97 Å². The summed E-state index contributed by atoms with van der Waals surface area (Å²) in [5, 5.41) is 0. The fraction of sp³-hybridized carbons (Fsp3) is 0.929. The summed E-state index contributed by atoms with van der Waals surface area (Å²) < 4.78 is 5.19. The highest BCUT2D eigenvalue weighted by atomic mass is 16.5. The number of hydrogen-bond acceptors (Lipinski definition) is 2. The van der Waals surface area contributed by atoms with Crippen molar-refractivity contribution in [2.45, 2.75) is 77.7 Å². The van der Waals surface area contributed by atoms with Crippen LogP contribution in [-0.4, -0.2) is 12.1 Å². The Labute approximate surface area is 99.8 Å². The van der Waals surface area contributed by atoms with Crippen LogP contribution < -0.4 is 0 Å². The number of hydrogen-bond donors (Lipinski definition) is 0. The highest BCUT2D eigenvalue weighted by Crippen LogP contribution is 2.24. The van der Waals surface area contributed by atoms with Crippen molar-refractivity contribution in [1.82, 2.24) is 0 Å². The first-order valence-corrected chi connectivity index (χ1v) is 6.91. The average Bonchev–Trinajstić information content (AvgIpc) is 3.05. The minimum absolute atomic E-state index is 0.0173. The van der Waals surface area contributed by atoms with Gasteiger partial charge in [0.2, 0.25) is 0 Å². The lowest BCUT2D eigenvalue weighted by molar-refractivity contribution is -0.145. The molecule has 2 nitrogen and oxygen atoms in total. The van der Waals surface area contributed by atoms with Gasteiger partial charge in [-0.05, 0) is 25.2 Å². The van der Waals surface area contributed by atoms with Crippen molar-refractivity contribution in [3.8, 4) is 0 Å². The van der Waals surface area contributed by atoms with E-state index in [1.165, 1.54) is 32.1 Å². The largest absolute Gasteiger partial charge is 0.462 e. The second-order valence-electron chi connectivity index (χ2n) is 5.18. The number of carbonyl (C=O) groups is 1. The fourth-order valence-electron chi connectivity index (χ4n) is 1.89. The summed E-state index contributed by atoms with van der Waals surface area (Å²) in [6, 6.07) is 0. The van der Waals surface area contributed by atoms with Crippen molar-refractivity contribution in [2.75, 3.05) is 0 Å². The van der Waals surface area contributed by atoms with Gasteiger partial charge in [-0.25, -0.2) is 0 Å². The van der Waals surface area contributed by atoms with Gasteiger partial charge in [-0.3, -0.25) is 4.79 Å². The molecule has 0 saturated heterocycles. The highest BCUT2D eigenvalue weighted by molar-refractivity contribution is 5.69. The van der Waals surface area contributed by atoms with E-state index in [0.29, 0.717) is 6.42 Å². The quantitative estimate of drug-likeness (QED) is 0.437. The Hall–Kier alpha value is -0.530. The number of esters is 1. The molecule has 1 unspecified atom stereocenters. The van der Waals surface area contributed by atoms with E-state index in [1.807, 2.05) is 0 Å². The Morgan fingerprint density at radius 1 is 1.25 bits per heavy atom. The molecule has 1 fully saturated rings. The van der Waals surface area contributed by atoms with Gasteiger partial charge in [0.15, 0.2) is 0 Å². The third kappa shape index (κ3) is 6.86. The SMILES string of the molecule is CCCCC(C)CCCCC(=O)OC1CC1. The first-order valence-electron chi connectivity index (χ1n) is 6.91. The van der Waals surface area contributed by atoms with E-state index in [0.717, 1.165) is 25.2 Å². The van der Waals surface area contributed by atoms with Gasteiger partial charge in [-0.2, -0.15) is 0 Å². The van der Waals surface area contributed by atoms with Gasteiger partial charge >= 0.3 is 5.97 Å². The van der Waals surface area contributed by atoms with E-state index in [2.05, 4.69) is 13.8 Å². The summed E-state index contributed by atoms with van der Waals surface area (Å²) in [5.74, 6) is 0.836. The summed E-state index contributed by atoms with van der Waals surface area (Å²) >= 11 is 0. The summed E-state index contributed by atoms with van der Waals surface area (Å²) in [6.07, 6.45) is 10.5. The van der Waals surface area contributed by atoms with Crippen molar-refractivity contribution in [3.63, 3.8) is 0 Å². The molecule has 0 heterocycles. The maximum Gasteiger partial charge on any atom is 0.306 e. The molecule has 0 amide bonds. The van der Waals surface area contributed by atoms with Gasteiger partial charge in [0.25, 0.3) is 0 Å². The van der Waals surface area contributed by atoms with E-state index >= 15 is 0 Å². The normalized spacial score (nSPS) is 17.1. The molecule has 1 rings (SSSR count). The minimum Gasteiger partial charge on any atom is -0.462 e. The molecular formula is C14H26O2. The molecule has 0 aliphatic heterocycles. The number of carbonyl (C=O) groups excluding carboxylic acids is 1. The maximum absolute atomic E-state index is 11.3. The fourth-order valence-corrected chi connectivity index (χ4v) is 1.89. The third-order valence-corrected chi connectivity index (χ3v) is 3.20. The van der Waals surface area contributed by atoms with Gasteiger partial charge < -0.3 is 4.74 Å². The lowest BCUT2D eigenvalue weighted by Gasteiger charge is -2.09. The van der Waals surface area contributed by atoms with Gasteiger partial charge in [0, 0.05) is 6.42 Å². The summed E-state index contributed by atoms with van der Waals surface area (Å²) in [7, 11) is 0. The Morgan fingerprint density at radius 3 is 2.56 bits per heavy atom. The molecule has 0 aromatic carbocycles. The number of rotatable bonds is 9. The van der Waals surface area contributed by atoms with Gasteiger partial charge in [0.05, 0.1) is 0 Å². The van der Waals surface area contributed by atoms with Crippen LogP contribution in [0.4, 0.5) is 0 Å². The molecule has 16 heavy (non-hydrogen) atoms. The van der Waals surface area contributed by atoms with Crippen LogP contribution >= 0.6 is 0 Å². The molecule has 94 valence electrons. The van der Waals surface area contributed by atoms with Crippen molar-refractivity contribution < 1.29 is 9.53 Å². The Bertz CT molecular complexity index is 197. The summed E-state index contributed by atoms with van der Waals surface area (Å²) in [6.45, 7) is 4.55. The number of ether oxygens (including phenoxy) is 1. The first kappa shape index (κ1) is 13.5. The first-order chi connectivity index (χ1) is 7.72. The van der Waals surface area contributed by atoms with Crippen LogP contribution in [0.25, 0.3) is 0 Å². The molecule has 1 aliphatic carbocycles. The maximum atomic E-state index is 11.3. The predicted molar refractivity (Wildman–Crippen MR) is 66.3 cm³/mol. The average molecular weight is 226 g/mol. The monoisotopic (exact) mass is 226 g/mol. The molecule has 0 spiro atoms. The highest BCUT2D eigenvalue weighted by Gasteiger charge is 2.25. The van der Waals surface area contributed by atoms with E-state index < -0.39 is 0 Å². The Balaban J connectivity index is 1.87. The lowest BCUT2D eigenvalue weighted by Crippen LogP contribution is -2.05. The second-order valence-corrected chi connectivity index (χ2v) is 5.18. The topological polar surface area (TPSA) is 26.3 Å². The zero-order chi connectivity index (χ0) is 11.8. The predicted octanol–water partition coefficient (Wildman–Crippen LogP) is 4.08. The summed E-state index contributed by atoms with van der Waals surface area (Å²) in [5.41, 5.74) is 0. The lowest BCUT2D eigenvalue weighted by atomic mass is 9.97. The van der Waals surface area contributed by atoms with Crippen LogP contribution in [0.3, 0.4) is 0 Å². The van der Waals surface area contributed by atoms with Crippen LogP contribution in [0, 0.1) is 5.92 Å². The standard InChI is InChI=1S/C14H26O2/c1-3-4-7-12(2)8-5-6-9-14(15)16-13-10-11-13/h12-13H,3-11H2,1-2H3. The van der Waals surface area contributed by atoms with Gasteiger partial charge in [-0.15, -0.1) is 0 Å². The molecule has 0 aromatic heterocycles. The van der Waals surface area contributed by atoms with Crippen LogP contribution in [0.1, 0.15) is 71.6 Å². The smallest absolute Gasteiger partial charge is 0.306 e. The van der Waals surface area contributed by atoms with Crippen LogP contribution in [-0.2, 0) is 9.53 Å². The van der Waals surface area contributed by atoms with Gasteiger partial charge in [-0.1, -0.05) is 46.0 Å². The van der Waals surface area contributed by atoms with Crippen molar-refractivity contribution in [3.05, 3.63) is 0 Å². The zero-order valence-electron chi connectivity index (χ0n) is 10.8. The van der Waals surface area contributed by atoms with E-state index in [-0.39, 0.29) is 12.1 Å². The van der Waals surface area contributed by atoms with Crippen LogP contribution in [0.2, 0.25) is 0 Å².